The van der Waals surface area contributed by atoms with Crippen LogP contribution in [-0.2, 0) is 28.2 Å². The van der Waals surface area contributed by atoms with Gasteiger partial charge in [0.15, 0.2) is 0 Å². The van der Waals surface area contributed by atoms with Gasteiger partial charge in [0.1, 0.15) is 6.10 Å². The molecule has 0 amide bonds. The molecule has 3 N–H and O–H groups in total. The molecule has 206 valence electrons. The lowest BCUT2D eigenvalue weighted by atomic mass is 9.92. The van der Waals surface area contributed by atoms with Crippen LogP contribution in [0.15, 0.2) is 63.8 Å². The van der Waals surface area contributed by atoms with E-state index in [2.05, 4.69) is 15.5 Å². The molecule has 0 bridgehead atoms. The number of hydrogen-bond donors (Lipinski definition) is 3. The van der Waals surface area contributed by atoms with E-state index >= 15 is 0 Å². The van der Waals surface area contributed by atoms with Crippen LogP contribution in [0.5, 0.6) is 0 Å². The zero-order valence-corrected chi connectivity index (χ0v) is 23.3. The van der Waals surface area contributed by atoms with E-state index in [1.807, 2.05) is 47.2 Å². The number of nitrogens with zero attached hydrogens (tertiary/aromatic N) is 2. The molecule has 39 heavy (non-hydrogen) atoms. The first-order chi connectivity index (χ1) is 19.1. The fraction of sp³-hybridized carbons (Fsp3) is 0.414. The molecular weight excluding hydrogens is 534 g/mol. The van der Waals surface area contributed by atoms with Gasteiger partial charge in [-0.05, 0) is 73.5 Å². The monoisotopic (exact) mass is 567 g/mol. The number of esters is 1. The van der Waals surface area contributed by atoms with Crippen LogP contribution in [-0.4, -0.2) is 45.0 Å². The molecular formula is C29H33N3O5S2. The maximum Gasteiger partial charge on any atom is 0.349 e. The third-order valence-corrected chi connectivity index (χ3v) is 9.07. The first-order valence-corrected chi connectivity index (χ1v) is 15.1. The van der Waals surface area contributed by atoms with Crippen molar-refractivity contribution < 1.29 is 24.3 Å². The van der Waals surface area contributed by atoms with Crippen LogP contribution in [0.2, 0.25) is 0 Å². The third kappa shape index (κ3) is 6.64. The molecule has 1 saturated carbocycles. The summed E-state index contributed by atoms with van der Waals surface area (Å²) in [4.78, 5) is 18.8. The van der Waals surface area contributed by atoms with Gasteiger partial charge < -0.3 is 24.8 Å². The highest BCUT2D eigenvalue weighted by Gasteiger charge is 2.45. The van der Waals surface area contributed by atoms with Gasteiger partial charge >= 0.3 is 5.97 Å². The first-order valence-electron chi connectivity index (χ1n) is 13.3. The average Bonchev–Trinajstić information content (AvgIpc) is 3.77. The van der Waals surface area contributed by atoms with Gasteiger partial charge in [-0.1, -0.05) is 41.6 Å². The predicted octanol–water partition coefficient (Wildman–Crippen LogP) is 5.05. The summed E-state index contributed by atoms with van der Waals surface area (Å²) in [6.07, 6.45) is 5.88. The Morgan fingerprint density at radius 1 is 1.03 bits per heavy atom. The molecule has 3 heterocycles. The maximum absolute atomic E-state index is 13.2. The molecule has 0 saturated heterocycles. The van der Waals surface area contributed by atoms with E-state index in [0.29, 0.717) is 27.5 Å². The number of carbonyl (C=O) groups is 1. The van der Waals surface area contributed by atoms with Crippen molar-refractivity contribution in [3.05, 3.63) is 80.5 Å². The van der Waals surface area contributed by atoms with E-state index in [4.69, 9.17) is 9.26 Å². The fourth-order valence-corrected chi connectivity index (χ4v) is 6.57. The summed E-state index contributed by atoms with van der Waals surface area (Å²) in [7, 11) is 0. The third-order valence-electron chi connectivity index (χ3n) is 7.11. The number of carbonyl (C=O) groups excluding carboxylic acids is 1. The Kier molecular flexibility index (Phi) is 9.21. The molecule has 8 nitrogen and oxygen atoms in total. The molecule has 0 aliphatic heterocycles. The molecule has 1 aliphatic carbocycles. The van der Waals surface area contributed by atoms with Gasteiger partial charge in [0.05, 0.1) is 16.4 Å². The SMILES string of the molecule is O=C(O[C@H]1CC[C@H](NCCCCc2nc(-c3ccc(CO)cc3)no2)CC1)C(O)(c1cccs1)c1cccs1. The lowest BCUT2D eigenvalue weighted by molar-refractivity contribution is -0.169. The molecule has 1 aromatic carbocycles. The van der Waals surface area contributed by atoms with Crippen molar-refractivity contribution in [1.29, 1.82) is 0 Å². The molecule has 0 unspecified atom stereocenters. The number of aliphatic hydroxyl groups is 2. The number of rotatable bonds is 12. The van der Waals surface area contributed by atoms with E-state index in [1.54, 1.807) is 12.1 Å². The molecule has 0 spiro atoms. The summed E-state index contributed by atoms with van der Waals surface area (Å²) in [5, 5.41) is 32.0. The maximum atomic E-state index is 13.2. The van der Waals surface area contributed by atoms with E-state index < -0.39 is 11.6 Å². The van der Waals surface area contributed by atoms with Gasteiger partial charge in [0, 0.05) is 18.0 Å². The normalized spacial score (nSPS) is 17.8. The Labute approximate surface area is 235 Å². The molecule has 1 aliphatic rings. The Morgan fingerprint density at radius 3 is 2.33 bits per heavy atom. The van der Waals surface area contributed by atoms with Crippen LogP contribution in [0.3, 0.4) is 0 Å². The van der Waals surface area contributed by atoms with Crippen LogP contribution >= 0.6 is 22.7 Å². The van der Waals surface area contributed by atoms with Gasteiger partial charge in [0.25, 0.3) is 0 Å². The first kappa shape index (κ1) is 27.7. The van der Waals surface area contributed by atoms with Crippen LogP contribution in [0.1, 0.15) is 59.7 Å². The van der Waals surface area contributed by atoms with Gasteiger partial charge in [-0.2, -0.15) is 4.98 Å². The van der Waals surface area contributed by atoms with E-state index in [9.17, 15) is 15.0 Å². The predicted molar refractivity (Wildman–Crippen MR) is 150 cm³/mol. The van der Waals surface area contributed by atoms with Gasteiger partial charge in [-0.3, -0.25) is 0 Å². The zero-order chi connectivity index (χ0) is 27.1. The van der Waals surface area contributed by atoms with Gasteiger partial charge in [0.2, 0.25) is 17.3 Å². The van der Waals surface area contributed by atoms with Crippen molar-refractivity contribution in [3.8, 4) is 11.4 Å². The van der Waals surface area contributed by atoms with Crippen LogP contribution in [0.25, 0.3) is 11.4 Å². The Hall–Kier alpha value is -2.89. The number of aromatic nitrogens is 2. The molecule has 1 fully saturated rings. The number of nitrogens with one attached hydrogen (secondary N) is 1. The number of ether oxygens (including phenoxy) is 1. The van der Waals surface area contributed by atoms with Crippen molar-refractivity contribution in [1.82, 2.24) is 15.5 Å². The van der Waals surface area contributed by atoms with Crippen molar-refractivity contribution in [2.24, 2.45) is 0 Å². The molecule has 10 heteroatoms. The van der Waals surface area contributed by atoms with Gasteiger partial charge in [-0.25, -0.2) is 4.79 Å². The minimum Gasteiger partial charge on any atom is -0.460 e. The Bertz CT molecular complexity index is 1260. The molecule has 4 aromatic rings. The van der Waals surface area contributed by atoms with Crippen LogP contribution in [0, 0.1) is 0 Å². The summed E-state index contributed by atoms with van der Waals surface area (Å²) in [5.41, 5.74) is -0.0333. The number of hydrogen-bond acceptors (Lipinski definition) is 10. The number of aliphatic hydroxyl groups excluding tert-OH is 1. The van der Waals surface area contributed by atoms with Crippen LogP contribution < -0.4 is 5.32 Å². The van der Waals surface area contributed by atoms with E-state index in [0.717, 1.165) is 62.6 Å². The van der Waals surface area contributed by atoms with Crippen molar-refractivity contribution in [2.75, 3.05) is 6.54 Å². The van der Waals surface area contributed by atoms with Crippen molar-refractivity contribution >= 4 is 28.6 Å². The number of thiophene rings is 2. The minimum atomic E-state index is -1.75. The van der Waals surface area contributed by atoms with E-state index in [1.165, 1.54) is 22.7 Å². The smallest absolute Gasteiger partial charge is 0.349 e. The topological polar surface area (TPSA) is 118 Å². The summed E-state index contributed by atoms with van der Waals surface area (Å²) in [5.74, 6) is 0.605. The largest absolute Gasteiger partial charge is 0.460 e. The standard InChI is InChI=1S/C29H33N3O5S2/c33-19-20-8-10-21(11-9-20)27-31-26(37-32-27)7-1-2-16-30-22-12-14-23(15-13-22)36-28(34)29(35,24-5-3-17-38-24)25-6-4-18-39-25/h3-6,8-11,17-18,22-23,30,33,35H,1-2,7,12-16,19H2/t22-,23-. The van der Waals surface area contributed by atoms with Crippen LogP contribution in [0.4, 0.5) is 0 Å². The van der Waals surface area contributed by atoms with Crippen molar-refractivity contribution in [3.63, 3.8) is 0 Å². The van der Waals surface area contributed by atoms with Crippen molar-refractivity contribution in [2.45, 2.75) is 69.3 Å². The molecule has 0 atom stereocenters. The number of unbranched alkanes of at least 4 members (excludes halogenated alkanes) is 1. The Morgan fingerprint density at radius 2 is 1.72 bits per heavy atom. The number of benzene rings is 1. The summed E-state index contributed by atoms with van der Waals surface area (Å²) < 4.78 is 11.2. The Balaban J connectivity index is 1.01. The second-order valence-electron chi connectivity index (χ2n) is 9.82. The second-order valence-corrected chi connectivity index (χ2v) is 11.7. The highest BCUT2D eigenvalue weighted by atomic mass is 32.1. The molecule has 3 aromatic heterocycles. The second kappa shape index (κ2) is 13.0. The summed E-state index contributed by atoms with van der Waals surface area (Å²) >= 11 is 2.71. The lowest BCUT2D eigenvalue weighted by Gasteiger charge is -2.32. The zero-order valence-electron chi connectivity index (χ0n) is 21.6. The summed E-state index contributed by atoms with van der Waals surface area (Å²) in [6.45, 7) is 0.909. The van der Waals surface area contributed by atoms with E-state index in [-0.39, 0.29) is 12.7 Å². The molecule has 0 radical (unpaired) electrons. The minimum absolute atomic E-state index is 0.0109. The van der Waals surface area contributed by atoms with Gasteiger partial charge in [-0.15, -0.1) is 22.7 Å². The lowest BCUT2D eigenvalue weighted by Crippen LogP contribution is -2.41. The number of aryl methyl sites for hydroxylation is 1. The quantitative estimate of drug-likeness (QED) is 0.161. The highest BCUT2D eigenvalue weighted by Crippen LogP contribution is 2.37. The summed E-state index contributed by atoms with van der Waals surface area (Å²) in [6, 6.07) is 15.1. The molecule has 5 rings (SSSR count). The fourth-order valence-electron chi connectivity index (χ4n) is 4.85. The average molecular weight is 568 g/mol. The highest BCUT2D eigenvalue weighted by molar-refractivity contribution is 7.12.